The Morgan fingerprint density at radius 2 is 2.26 bits per heavy atom. The number of carbonyl (C=O) groups is 1. The van der Waals surface area contributed by atoms with E-state index in [4.69, 9.17) is 5.73 Å². The number of hydrogen-bond acceptors (Lipinski definition) is 3. The van der Waals surface area contributed by atoms with Gasteiger partial charge in [-0.3, -0.25) is 4.79 Å². The Hall–Kier alpha value is -1.33. The molecule has 1 amide bonds. The number of aromatic amines is 1. The van der Waals surface area contributed by atoms with Crippen LogP contribution in [0.3, 0.4) is 0 Å². The zero-order chi connectivity index (χ0) is 13.9. The Morgan fingerprint density at radius 3 is 2.79 bits per heavy atom. The van der Waals surface area contributed by atoms with E-state index >= 15 is 0 Å². The van der Waals surface area contributed by atoms with E-state index in [2.05, 4.69) is 4.98 Å². The van der Waals surface area contributed by atoms with E-state index in [-0.39, 0.29) is 18.4 Å². The molecule has 1 saturated carbocycles. The fourth-order valence-electron chi connectivity index (χ4n) is 2.73. The smallest absolute Gasteiger partial charge is 0.225 e. The third-order valence-electron chi connectivity index (χ3n) is 4.10. The number of H-pyrrole nitrogens is 1. The summed E-state index contributed by atoms with van der Waals surface area (Å²) in [6, 6.07) is 1.97. The second-order valence-electron chi connectivity index (χ2n) is 5.62. The number of nitrogens with two attached hydrogens (primary N) is 1. The second-order valence-corrected chi connectivity index (χ2v) is 5.62. The zero-order valence-corrected chi connectivity index (χ0v) is 11.4. The molecule has 0 bridgehead atoms. The number of nitrogens with one attached hydrogen (secondary N) is 1. The molecule has 0 saturated heterocycles. The van der Waals surface area contributed by atoms with E-state index in [0.29, 0.717) is 19.4 Å². The number of carbonyl (C=O) groups excluding carboxylic acids is 1. The molecule has 1 fully saturated rings. The van der Waals surface area contributed by atoms with E-state index < -0.39 is 5.60 Å². The molecule has 5 nitrogen and oxygen atoms in total. The van der Waals surface area contributed by atoms with Crippen LogP contribution in [-0.2, 0) is 11.3 Å². The average Bonchev–Trinajstić information content (AvgIpc) is 2.91. The van der Waals surface area contributed by atoms with Gasteiger partial charge in [0, 0.05) is 38.4 Å². The summed E-state index contributed by atoms with van der Waals surface area (Å²) in [5.41, 5.74) is 5.91. The maximum atomic E-state index is 12.3. The molecule has 0 aliphatic heterocycles. The lowest BCUT2D eigenvalue weighted by molar-refractivity contribution is -0.137. The Balaban J connectivity index is 1.87. The maximum Gasteiger partial charge on any atom is 0.225 e. The van der Waals surface area contributed by atoms with Gasteiger partial charge in [0.25, 0.3) is 0 Å². The molecule has 1 aromatic heterocycles. The van der Waals surface area contributed by atoms with Crippen LogP contribution >= 0.6 is 0 Å². The summed E-state index contributed by atoms with van der Waals surface area (Å²) in [4.78, 5) is 17.1. The zero-order valence-electron chi connectivity index (χ0n) is 11.4. The van der Waals surface area contributed by atoms with Gasteiger partial charge in [-0.2, -0.15) is 0 Å². The Bertz CT molecular complexity index is 408. The molecule has 0 aromatic carbocycles. The van der Waals surface area contributed by atoms with Crippen LogP contribution in [0.5, 0.6) is 0 Å². The van der Waals surface area contributed by atoms with Crippen LogP contribution in [0.15, 0.2) is 18.5 Å². The summed E-state index contributed by atoms with van der Waals surface area (Å²) in [6.07, 6.45) is 6.46. The SMILES string of the molecule is CN(Cc1cc[nH]c1)C(=O)C1CCC(O)(CN)CC1. The van der Waals surface area contributed by atoms with Gasteiger partial charge < -0.3 is 20.7 Å². The minimum Gasteiger partial charge on any atom is -0.389 e. The first-order chi connectivity index (χ1) is 9.04. The summed E-state index contributed by atoms with van der Waals surface area (Å²) in [7, 11) is 1.83. The molecule has 1 aliphatic carbocycles. The van der Waals surface area contributed by atoms with Crippen molar-refractivity contribution in [2.45, 2.75) is 37.8 Å². The van der Waals surface area contributed by atoms with Gasteiger partial charge in [0.15, 0.2) is 0 Å². The molecule has 4 N–H and O–H groups in total. The summed E-state index contributed by atoms with van der Waals surface area (Å²) < 4.78 is 0. The van der Waals surface area contributed by atoms with Crippen LogP contribution in [-0.4, -0.2) is 40.1 Å². The van der Waals surface area contributed by atoms with Crippen molar-refractivity contribution < 1.29 is 9.90 Å². The lowest BCUT2D eigenvalue weighted by Gasteiger charge is -2.35. The Kier molecular flexibility index (Phi) is 4.27. The first-order valence-corrected chi connectivity index (χ1v) is 6.83. The summed E-state index contributed by atoms with van der Waals surface area (Å²) in [5.74, 6) is 0.191. The molecule has 0 unspecified atom stereocenters. The Labute approximate surface area is 113 Å². The van der Waals surface area contributed by atoms with Crippen molar-refractivity contribution in [3.8, 4) is 0 Å². The van der Waals surface area contributed by atoms with Crippen molar-refractivity contribution in [3.63, 3.8) is 0 Å². The number of hydrogen-bond donors (Lipinski definition) is 3. The van der Waals surface area contributed by atoms with Crippen LogP contribution in [0, 0.1) is 5.92 Å². The highest BCUT2D eigenvalue weighted by Crippen LogP contribution is 2.32. The van der Waals surface area contributed by atoms with E-state index in [1.165, 1.54) is 0 Å². The molecule has 0 spiro atoms. The van der Waals surface area contributed by atoms with Crippen LogP contribution in [0.1, 0.15) is 31.2 Å². The molecule has 0 atom stereocenters. The molecule has 5 heteroatoms. The van der Waals surface area contributed by atoms with Crippen molar-refractivity contribution >= 4 is 5.91 Å². The van der Waals surface area contributed by atoms with Crippen molar-refractivity contribution in [2.75, 3.05) is 13.6 Å². The van der Waals surface area contributed by atoms with E-state index in [0.717, 1.165) is 18.4 Å². The maximum absolute atomic E-state index is 12.3. The molecule has 1 aromatic rings. The number of aromatic nitrogens is 1. The van der Waals surface area contributed by atoms with Gasteiger partial charge in [-0.1, -0.05) is 0 Å². The molecule has 0 radical (unpaired) electrons. The van der Waals surface area contributed by atoms with Crippen LogP contribution in [0.4, 0.5) is 0 Å². The highest BCUT2D eigenvalue weighted by Gasteiger charge is 2.35. The van der Waals surface area contributed by atoms with Crippen LogP contribution < -0.4 is 5.73 Å². The number of aliphatic hydroxyl groups is 1. The highest BCUT2D eigenvalue weighted by atomic mass is 16.3. The van der Waals surface area contributed by atoms with Crippen LogP contribution in [0.25, 0.3) is 0 Å². The second kappa shape index (κ2) is 5.75. The van der Waals surface area contributed by atoms with Gasteiger partial charge in [-0.15, -0.1) is 0 Å². The predicted molar refractivity (Wildman–Crippen MR) is 73.2 cm³/mol. The van der Waals surface area contributed by atoms with Gasteiger partial charge in [0.1, 0.15) is 0 Å². The van der Waals surface area contributed by atoms with Gasteiger partial charge >= 0.3 is 0 Å². The van der Waals surface area contributed by atoms with Gasteiger partial charge in [0.2, 0.25) is 5.91 Å². The number of rotatable bonds is 4. The van der Waals surface area contributed by atoms with E-state index in [1.54, 1.807) is 4.90 Å². The van der Waals surface area contributed by atoms with E-state index in [9.17, 15) is 9.90 Å². The van der Waals surface area contributed by atoms with E-state index in [1.807, 2.05) is 25.5 Å². The monoisotopic (exact) mass is 265 g/mol. The molecule has 19 heavy (non-hydrogen) atoms. The fraction of sp³-hybridized carbons (Fsp3) is 0.643. The summed E-state index contributed by atoms with van der Waals surface area (Å²) >= 11 is 0. The van der Waals surface area contributed by atoms with Crippen molar-refractivity contribution in [1.29, 1.82) is 0 Å². The molecule has 1 aliphatic rings. The summed E-state index contributed by atoms with van der Waals surface area (Å²) in [6.45, 7) is 0.910. The van der Waals surface area contributed by atoms with Crippen LogP contribution in [0.2, 0.25) is 0 Å². The number of amides is 1. The van der Waals surface area contributed by atoms with Crippen molar-refractivity contribution in [2.24, 2.45) is 11.7 Å². The normalized spacial score (nSPS) is 27.2. The fourth-order valence-corrected chi connectivity index (χ4v) is 2.73. The topological polar surface area (TPSA) is 82.3 Å². The predicted octanol–water partition coefficient (Wildman–Crippen LogP) is 0.853. The lowest BCUT2D eigenvalue weighted by Crippen LogP contribution is -2.44. The largest absolute Gasteiger partial charge is 0.389 e. The van der Waals surface area contributed by atoms with Gasteiger partial charge in [0.05, 0.1) is 5.60 Å². The standard InChI is InChI=1S/C14H23N3O2/c1-17(9-11-4-7-16-8-11)13(18)12-2-5-14(19,10-15)6-3-12/h4,7-8,12,16,19H,2-3,5-6,9-10,15H2,1H3. The molecule has 106 valence electrons. The van der Waals surface area contributed by atoms with Crippen molar-refractivity contribution in [3.05, 3.63) is 24.0 Å². The van der Waals surface area contributed by atoms with Gasteiger partial charge in [-0.05, 0) is 37.3 Å². The third kappa shape index (κ3) is 3.36. The lowest BCUT2D eigenvalue weighted by atomic mass is 9.78. The summed E-state index contributed by atoms with van der Waals surface area (Å²) in [5, 5.41) is 10.1. The molecular formula is C14H23N3O2. The average molecular weight is 265 g/mol. The molecular weight excluding hydrogens is 242 g/mol. The minimum absolute atomic E-state index is 0.0239. The Morgan fingerprint density at radius 1 is 1.58 bits per heavy atom. The molecule has 2 rings (SSSR count). The van der Waals surface area contributed by atoms with Gasteiger partial charge in [-0.25, -0.2) is 0 Å². The third-order valence-corrected chi connectivity index (χ3v) is 4.10. The quantitative estimate of drug-likeness (QED) is 0.755. The highest BCUT2D eigenvalue weighted by molar-refractivity contribution is 5.78. The first kappa shape index (κ1) is 14.1. The molecule has 1 heterocycles. The first-order valence-electron chi connectivity index (χ1n) is 6.83. The number of nitrogens with zero attached hydrogens (tertiary/aromatic N) is 1. The van der Waals surface area contributed by atoms with Crippen molar-refractivity contribution in [1.82, 2.24) is 9.88 Å². The minimum atomic E-state index is -0.754.